The number of sulfone groups is 1. The van der Waals surface area contributed by atoms with Gasteiger partial charge in [0.1, 0.15) is 12.4 Å². The summed E-state index contributed by atoms with van der Waals surface area (Å²) < 4.78 is 54.6. The van der Waals surface area contributed by atoms with E-state index in [4.69, 9.17) is 19.7 Å². The second-order valence-corrected chi connectivity index (χ2v) is 12.2. The largest absolute Gasteiger partial charge is 0.465 e. The zero-order valence-electron chi connectivity index (χ0n) is 20.5. The first-order chi connectivity index (χ1) is 17.4. The van der Waals surface area contributed by atoms with Crippen molar-refractivity contribution in [2.45, 2.75) is 37.9 Å². The van der Waals surface area contributed by atoms with Crippen LogP contribution in [0.4, 0.5) is 5.95 Å². The van der Waals surface area contributed by atoms with Gasteiger partial charge in [-0.1, -0.05) is 12.1 Å². The summed E-state index contributed by atoms with van der Waals surface area (Å²) in [6, 6.07) is 4.98. The Kier molecular flexibility index (Phi) is 9.21. The molecule has 3 aromatic rings. The van der Waals surface area contributed by atoms with E-state index in [2.05, 4.69) is 20.0 Å². The Morgan fingerprint density at radius 2 is 2.00 bits per heavy atom. The van der Waals surface area contributed by atoms with Gasteiger partial charge < -0.3 is 24.3 Å². The van der Waals surface area contributed by atoms with Gasteiger partial charge in [-0.3, -0.25) is 19.1 Å². The summed E-state index contributed by atoms with van der Waals surface area (Å²) in [5, 5.41) is 2.67. The summed E-state index contributed by atoms with van der Waals surface area (Å²) in [6.07, 6.45) is 2.12. The maximum atomic E-state index is 13.5. The van der Waals surface area contributed by atoms with Crippen LogP contribution in [-0.4, -0.2) is 65.8 Å². The molecule has 3 rings (SSSR count). The van der Waals surface area contributed by atoms with Crippen molar-refractivity contribution in [3.05, 3.63) is 46.5 Å². The Bertz CT molecular complexity index is 1450. The van der Waals surface area contributed by atoms with Crippen molar-refractivity contribution in [1.29, 1.82) is 0 Å². The van der Waals surface area contributed by atoms with Crippen molar-refractivity contribution in [2.75, 3.05) is 31.6 Å². The van der Waals surface area contributed by atoms with Crippen LogP contribution in [0.5, 0.6) is 0 Å². The first-order valence-corrected chi connectivity index (χ1v) is 14.9. The molecule has 2 heterocycles. The van der Waals surface area contributed by atoms with Crippen LogP contribution in [0.2, 0.25) is 0 Å². The number of carbonyl (C=O) groups excluding carboxylic acids is 1. The Morgan fingerprint density at radius 1 is 1.30 bits per heavy atom. The minimum absolute atomic E-state index is 0.0473. The Labute approximate surface area is 213 Å². The topological polar surface area (TPSA) is 198 Å². The van der Waals surface area contributed by atoms with E-state index in [1.807, 2.05) is 0 Å². The summed E-state index contributed by atoms with van der Waals surface area (Å²) >= 11 is 0. The quantitative estimate of drug-likeness (QED) is 0.154. The number of benzene rings is 1. The third kappa shape index (κ3) is 7.69. The summed E-state index contributed by atoms with van der Waals surface area (Å²) in [7, 11) is -7.10. The number of nitrogens with one attached hydrogen (secondary N) is 2. The molecule has 4 N–H and O–H groups in total. The minimum atomic E-state index is -3.74. The van der Waals surface area contributed by atoms with Gasteiger partial charge in [-0.05, 0) is 31.5 Å². The van der Waals surface area contributed by atoms with Gasteiger partial charge in [0.25, 0.3) is 13.1 Å². The van der Waals surface area contributed by atoms with Crippen molar-refractivity contribution in [3.8, 4) is 0 Å². The van der Waals surface area contributed by atoms with Crippen molar-refractivity contribution in [1.82, 2.24) is 24.6 Å². The second-order valence-electron chi connectivity index (χ2n) is 8.06. The SMILES string of the molecule is CCOC(=O)[C@@H](C)NP(=O)(COCCn1cnc2c(=O)[nH]c(N)nc21)OCc1ccc(S(C)(=O)=O)cc1. The molecule has 0 amide bonds. The molecule has 37 heavy (non-hydrogen) atoms. The lowest BCUT2D eigenvalue weighted by Crippen LogP contribution is -2.34. The molecule has 202 valence electrons. The number of rotatable bonds is 13. The normalized spacial score (nSPS) is 14.4. The molecule has 2 aromatic heterocycles. The van der Waals surface area contributed by atoms with Gasteiger partial charge in [0.15, 0.2) is 21.0 Å². The van der Waals surface area contributed by atoms with Crippen molar-refractivity contribution < 1.29 is 31.8 Å². The predicted molar refractivity (Wildman–Crippen MR) is 135 cm³/mol. The number of carbonyl (C=O) groups is 1. The lowest BCUT2D eigenvalue weighted by Gasteiger charge is -2.23. The van der Waals surface area contributed by atoms with Gasteiger partial charge in [-0.15, -0.1) is 0 Å². The highest BCUT2D eigenvalue weighted by atomic mass is 32.2. The molecule has 1 aromatic carbocycles. The summed E-state index contributed by atoms with van der Waals surface area (Å²) in [6.45, 7) is 3.42. The van der Waals surface area contributed by atoms with Gasteiger partial charge in [0.05, 0.1) is 31.0 Å². The lowest BCUT2D eigenvalue weighted by molar-refractivity contribution is -0.144. The van der Waals surface area contributed by atoms with E-state index in [0.29, 0.717) is 5.56 Å². The van der Waals surface area contributed by atoms with Gasteiger partial charge in [-0.2, -0.15) is 4.98 Å². The average molecular weight is 557 g/mol. The minimum Gasteiger partial charge on any atom is -0.465 e. The van der Waals surface area contributed by atoms with Crippen LogP contribution in [0, 0.1) is 0 Å². The number of esters is 1. The Hall–Kier alpha value is -3.10. The van der Waals surface area contributed by atoms with Crippen LogP contribution in [0.1, 0.15) is 19.4 Å². The number of nitrogens with two attached hydrogens (primary N) is 1. The van der Waals surface area contributed by atoms with Gasteiger partial charge in [-0.25, -0.2) is 18.5 Å². The Balaban J connectivity index is 1.67. The number of hydrogen-bond acceptors (Lipinski definition) is 11. The maximum absolute atomic E-state index is 13.5. The zero-order valence-corrected chi connectivity index (χ0v) is 22.3. The fourth-order valence-electron chi connectivity index (χ4n) is 3.22. The van der Waals surface area contributed by atoms with Crippen LogP contribution in [0.3, 0.4) is 0 Å². The first-order valence-electron chi connectivity index (χ1n) is 11.2. The van der Waals surface area contributed by atoms with Crippen molar-refractivity contribution >= 4 is 40.4 Å². The molecule has 0 fully saturated rings. The smallest absolute Gasteiger partial charge is 0.323 e. The number of fused-ring (bicyclic) bond motifs is 1. The summed E-state index contributed by atoms with van der Waals surface area (Å²) in [5.74, 6) is -0.664. The van der Waals surface area contributed by atoms with E-state index in [9.17, 15) is 22.6 Å². The van der Waals surface area contributed by atoms with E-state index in [0.717, 1.165) is 6.26 Å². The molecule has 0 spiro atoms. The van der Waals surface area contributed by atoms with Crippen LogP contribution in [-0.2, 0) is 46.3 Å². The summed E-state index contributed by atoms with van der Waals surface area (Å²) in [5.41, 5.74) is 6.09. The van der Waals surface area contributed by atoms with Crippen molar-refractivity contribution in [3.63, 3.8) is 0 Å². The fraction of sp³-hybridized carbons (Fsp3) is 0.429. The van der Waals surface area contributed by atoms with E-state index >= 15 is 0 Å². The van der Waals surface area contributed by atoms with Crippen LogP contribution < -0.4 is 16.4 Å². The molecular weight excluding hydrogens is 527 g/mol. The van der Waals surface area contributed by atoms with Gasteiger partial charge in [0, 0.05) is 12.8 Å². The molecule has 0 aliphatic heterocycles. The average Bonchev–Trinajstić information content (AvgIpc) is 3.23. The molecule has 0 saturated carbocycles. The highest BCUT2D eigenvalue weighted by molar-refractivity contribution is 7.90. The highest BCUT2D eigenvalue weighted by Gasteiger charge is 2.29. The molecule has 0 aliphatic carbocycles. The standard InChI is InChI=1S/C21H29N6O8PS/c1-4-34-20(29)14(2)26-36(30,35-11-15-5-7-16(8-6-15)37(3,31)32)13-33-10-9-27-12-23-17-18(27)24-21(22)25-19(17)28/h5-8,12,14H,4,9-11,13H2,1-3H3,(H,26,30)(H3,22,24,25,28)/t14-,36?/m1/s1. The van der Waals surface area contributed by atoms with Crippen LogP contribution >= 0.6 is 7.52 Å². The molecule has 0 radical (unpaired) electrons. The second kappa shape index (κ2) is 12.0. The number of aromatic nitrogens is 4. The van der Waals surface area contributed by atoms with Gasteiger partial charge >= 0.3 is 5.97 Å². The van der Waals surface area contributed by atoms with Crippen LogP contribution in [0.25, 0.3) is 11.2 Å². The predicted octanol–water partition coefficient (Wildman–Crippen LogP) is 1.03. The van der Waals surface area contributed by atoms with Crippen molar-refractivity contribution in [2.24, 2.45) is 0 Å². The molecule has 0 saturated heterocycles. The fourth-order valence-corrected chi connectivity index (χ4v) is 5.50. The summed E-state index contributed by atoms with van der Waals surface area (Å²) in [4.78, 5) is 34.6. The number of hydrogen-bond donors (Lipinski definition) is 3. The van der Waals surface area contributed by atoms with Crippen LogP contribution in [0.15, 0.2) is 40.3 Å². The Morgan fingerprint density at radius 3 is 2.65 bits per heavy atom. The van der Waals surface area contributed by atoms with E-state index in [-0.39, 0.29) is 54.7 Å². The molecule has 14 nitrogen and oxygen atoms in total. The number of ether oxygens (including phenoxy) is 2. The molecule has 1 unspecified atom stereocenters. The third-order valence-corrected chi connectivity index (χ3v) is 8.03. The molecular formula is C21H29N6O8PS. The van der Waals surface area contributed by atoms with Gasteiger partial charge in [0.2, 0.25) is 5.95 Å². The van der Waals surface area contributed by atoms with E-state index in [1.54, 1.807) is 23.6 Å². The third-order valence-electron chi connectivity index (χ3n) is 5.05. The first kappa shape index (κ1) is 28.5. The van der Waals surface area contributed by atoms with E-state index < -0.39 is 34.9 Å². The van der Waals surface area contributed by atoms with E-state index in [1.165, 1.54) is 25.4 Å². The molecule has 0 aliphatic rings. The highest BCUT2D eigenvalue weighted by Crippen LogP contribution is 2.44. The monoisotopic (exact) mass is 556 g/mol. The number of nitrogen functional groups attached to an aromatic ring is 1. The number of anilines is 1. The number of aromatic amines is 1. The number of H-pyrrole nitrogens is 1. The molecule has 16 heteroatoms. The zero-order chi connectivity index (χ0) is 27.2. The molecule has 2 atom stereocenters. The maximum Gasteiger partial charge on any atom is 0.323 e. The number of nitrogens with zero attached hydrogens (tertiary/aromatic N) is 3. The lowest BCUT2D eigenvalue weighted by atomic mass is 10.2. The number of imidazole rings is 1. The molecule has 0 bridgehead atoms.